The van der Waals surface area contributed by atoms with Gasteiger partial charge in [0.2, 0.25) is 0 Å². The van der Waals surface area contributed by atoms with Crippen molar-refractivity contribution in [1.82, 2.24) is 0 Å². The van der Waals surface area contributed by atoms with E-state index in [0.717, 1.165) is 0 Å². The van der Waals surface area contributed by atoms with Crippen LogP contribution >= 0.6 is 0 Å². The summed E-state index contributed by atoms with van der Waals surface area (Å²) >= 11 is 0. The van der Waals surface area contributed by atoms with Gasteiger partial charge in [0, 0.05) is 6.42 Å². The topological polar surface area (TPSA) is 90.2 Å². The van der Waals surface area contributed by atoms with E-state index in [2.05, 4.69) is 0 Å². The second-order valence-corrected chi connectivity index (χ2v) is 2.61. The molecule has 0 amide bonds. The molecule has 4 atom stereocenters. The summed E-state index contributed by atoms with van der Waals surface area (Å²) in [6.07, 6.45) is -3.83. The van der Waals surface area contributed by atoms with Gasteiger partial charge in [-0.2, -0.15) is 0 Å². The monoisotopic (exact) mass is 164 g/mol. The molecule has 66 valence electrons. The first kappa shape index (κ1) is 8.89. The van der Waals surface area contributed by atoms with E-state index in [1.807, 2.05) is 0 Å². The lowest BCUT2D eigenvalue weighted by Gasteiger charge is -2.17. The summed E-state index contributed by atoms with van der Waals surface area (Å²) in [6.45, 7) is -0.478. The molecule has 0 saturated carbocycles. The Morgan fingerprint density at radius 1 is 1.45 bits per heavy atom. The van der Waals surface area contributed by atoms with Crippen LogP contribution in [0.1, 0.15) is 6.42 Å². The maximum atomic E-state index is 9.10. The van der Waals surface area contributed by atoms with Gasteiger partial charge < -0.3 is 25.2 Å². The average molecular weight is 164 g/mol. The normalized spacial score (nSPS) is 40.9. The summed E-state index contributed by atoms with van der Waals surface area (Å²) in [7, 11) is 0. The first-order valence-electron chi connectivity index (χ1n) is 3.45. The fraction of sp³-hybridized carbons (Fsp3) is 1.00. The SMILES string of the molecule is OC[C@@H](O)[C@H]1O[C@H](O)C[C@H]1O. The number of aliphatic hydroxyl groups excluding tert-OH is 4. The molecule has 5 heteroatoms. The molecule has 0 aliphatic carbocycles. The molecule has 1 fully saturated rings. The molecule has 4 N–H and O–H groups in total. The van der Waals surface area contributed by atoms with Crippen molar-refractivity contribution in [2.75, 3.05) is 6.61 Å². The molecule has 1 heterocycles. The molecule has 0 unspecified atom stereocenters. The Balaban J connectivity index is 2.45. The highest BCUT2D eigenvalue weighted by atomic mass is 16.6. The maximum absolute atomic E-state index is 9.10. The van der Waals surface area contributed by atoms with E-state index in [1.54, 1.807) is 0 Å². The smallest absolute Gasteiger partial charge is 0.157 e. The molecule has 1 saturated heterocycles. The van der Waals surface area contributed by atoms with Gasteiger partial charge in [-0.1, -0.05) is 0 Å². The summed E-state index contributed by atoms with van der Waals surface area (Å²) in [4.78, 5) is 0. The molecule has 1 aliphatic rings. The second-order valence-electron chi connectivity index (χ2n) is 2.61. The van der Waals surface area contributed by atoms with Gasteiger partial charge in [0.1, 0.15) is 12.2 Å². The number of ether oxygens (including phenoxy) is 1. The summed E-state index contributed by atoms with van der Waals surface area (Å²) in [5.41, 5.74) is 0. The van der Waals surface area contributed by atoms with Gasteiger partial charge in [-0.05, 0) is 0 Å². The summed E-state index contributed by atoms with van der Waals surface area (Å²) in [6, 6.07) is 0. The van der Waals surface area contributed by atoms with Crippen LogP contribution in [0.4, 0.5) is 0 Å². The van der Waals surface area contributed by atoms with Gasteiger partial charge in [0.15, 0.2) is 6.29 Å². The van der Waals surface area contributed by atoms with E-state index in [-0.39, 0.29) is 6.42 Å². The molecule has 0 spiro atoms. The van der Waals surface area contributed by atoms with E-state index in [0.29, 0.717) is 0 Å². The van der Waals surface area contributed by atoms with Crippen molar-refractivity contribution < 1.29 is 25.2 Å². The number of rotatable bonds is 2. The van der Waals surface area contributed by atoms with Crippen molar-refractivity contribution in [3.8, 4) is 0 Å². The van der Waals surface area contributed by atoms with Gasteiger partial charge in [0.25, 0.3) is 0 Å². The number of aliphatic hydroxyl groups is 4. The molecule has 0 aromatic carbocycles. The first-order chi connectivity index (χ1) is 5.15. The lowest BCUT2D eigenvalue weighted by atomic mass is 10.1. The first-order valence-corrected chi connectivity index (χ1v) is 3.45. The minimum atomic E-state index is -1.12. The molecule has 0 aromatic heterocycles. The van der Waals surface area contributed by atoms with Crippen LogP contribution in [-0.4, -0.2) is 51.6 Å². The van der Waals surface area contributed by atoms with Crippen LogP contribution in [0.3, 0.4) is 0 Å². The molecule has 5 nitrogen and oxygen atoms in total. The molecule has 0 radical (unpaired) electrons. The maximum Gasteiger partial charge on any atom is 0.157 e. The fourth-order valence-corrected chi connectivity index (χ4v) is 1.12. The fourth-order valence-electron chi connectivity index (χ4n) is 1.12. The third-order valence-corrected chi connectivity index (χ3v) is 1.70. The third-order valence-electron chi connectivity index (χ3n) is 1.70. The molecular formula is C6H12O5. The van der Waals surface area contributed by atoms with Crippen molar-refractivity contribution in [2.45, 2.75) is 31.0 Å². The lowest BCUT2D eigenvalue weighted by molar-refractivity contribution is -0.136. The number of hydrogen-bond donors (Lipinski definition) is 4. The van der Waals surface area contributed by atoms with Crippen molar-refractivity contribution in [3.63, 3.8) is 0 Å². The Morgan fingerprint density at radius 3 is 2.45 bits per heavy atom. The predicted octanol–water partition coefficient (Wildman–Crippen LogP) is -2.19. The van der Waals surface area contributed by atoms with Crippen molar-refractivity contribution in [3.05, 3.63) is 0 Å². The van der Waals surface area contributed by atoms with E-state index in [4.69, 9.17) is 25.2 Å². The molecule has 1 aliphatic heterocycles. The minimum absolute atomic E-state index is 0.0850. The van der Waals surface area contributed by atoms with E-state index in [1.165, 1.54) is 0 Å². The third kappa shape index (κ3) is 1.88. The highest BCUT2D eigenvalue weighted by Crippen LogP contribution is 2.20. The van der Waals surface area contributed by atoms with E-state index >= 15 is 0 Å². The molecule has 1 rings (SSSR count). The quantitative estimate of drug-likeness (QED) is 0.372. The van der Waals surface area contributed by atoms with E-state index in [9.17, 15) is 0 Å². The van der Waals surface area contributed by atoms with Crippen LogP contribution in [0.5, 0.6) is 0 Å². The van der Waals surface area contributed by atoms with Gasteiger partial charge in [-0.25, -0.2) is 0 Å². The molecule has 0 aromatic rings. The van der Waals surface area contributed by atoms with Gasteiger partial charge in [0.05, 0.1) is 12.7 Å². The Morgan fingerprint density at radius 2 is 2.09 bits per heavy atom. The van der Waals surface area contributed by atoms with Crippen LogP contribution in [0, 0.1) is 0 Å². The Bertz CT molecular complexity index is 124. The summed E-state index contributed by atoms with van der Waals surface area (Å²) < 4.78 is 4.72. The molecular weight excluding hydrogens is 152 g/mol. The standard InChI is InChI=1S/C6H12O5/c7-2-4(9)6-3(8)1-5(10)11-6/h3-10H,1-2H2/t3-,4-,5+,6+/m1/s1. The predicted molar refractivity (Wildman–Crippen MR) is 34.6 cm³/mol. The molecule has 11 heavy (non-hydrogen) atoms. The zero-order chi connectivity index (χ0) is 8.43. The zero-order valence-electron chi connectivity index (χ0n) is 5.92. The zero-order valence-corrected chi connectivity index (χ0v) is 5.92. The lowest BCUT2D eigenvalue weighted by Crippen LogP contribution is -2.36. The van der Waals surface area contributed by atoms with Crippen LogP contribution < -0.4 is 0 Å². The second kappa shape index (κ2) is 3.46. The average Bonchev–Trinajstić information content (AvgIpc) is 2.28. The van der Waals surface area contributed by atoms with Crippen molar-refractivity contribution >= 4 is 0 Å². The van der Waals surface area contributed by atoms with Crippen LogP contribution in [0.15, 0.2) is 0 Å². The summed E-state index contributed by atoms with van der Waals surface area (Å²) in [5, 5.41) is 35.4. The van der Waals surface area contributed by atoms with Gasteiger partial charge in [-0.15, -0.1) is 0 Å². The van der Waals surface area contributed by atoms with Crippen molar-refractivity contribution in [2.24, 2.45) is 0 Å². The van der Waals surface area contributed by atoms with Gasteiger partial charge >= 0.3 is 0 Å². The van der Waals surface area contributed by atoms with Crippen molar-refractivity contribution in [1.29, 1.82) is 0 Å². The molecule has 0 bridgehead atoms. The van der Waals surface area contributed by atoms with Crippen LogP contribution in [-0.2, 0) is 4.74 Å². The highest BCUT2D eigenvalue weighted by molar-refractivity contribution is 4.82. The largest absolute Gasteiger partial charge is 0.394 e. The van der Waals surface area contributed by atoms with Gasteiger partial charge in [-0.3, -0.25) is 0 Å². The Kier molecular flexibility index (Phi) is 2.80. The minimum Gasteiger partial charge on any atom is -0.394 e. The van der Waals surface area contributed by atoms with E-state index < -0.39 is 31.2 Å². The summed E-state index contributed by atoms with van der Waals surface area (Å²) in [5.74, 6) is 0. The van der Waals surface area contributed by atoms with Crippen LogP contribution in [0.25, 0.3) is 0 Å². The highest BCUT2D eigenvalue weighted by Gasteiger charge is 2.37. The Hall–Kier alpha value is -0.200. The number of hydrogen-bond acceptors (Lipinski definition) is 5. The Labute approximate surface area is 63.8 Å². The van der Waals surface area contributed by atoms with Crippen LogP contribution in [0.2, 0.25) is 0 Å².